The highest BCUT2D eigenvalue weighted by Gasteiger charge is 2.22. The lowest BCUT2D eigenvalue weighted by molar-refractivity contribution is 0.670. The van der Waals surface area contributed by atoms with Gasteiger partial charge in [0, 0.05) is 49.7 Å². The van der Waals surface area contributed by atoms with Crippen molar-refractivity contribution in [3.05, 3.63) is 206 Å². The van der Waals surface area contributed by atoms with Crippen molar-refractivity contribution in [2.45, 2.75) is 0 Å². The second kappa shape index (κ2) is 12.6. The molecule has 3 heteroatoms. The van der Waals surface area contributed by atoms with E-state index in [9.17, 15) is 0 Å². The Hall–Kier alpha value is -7.36. The fraction of sp³-hybridized carbons (Fsp3) is 0. The molecular formula is C52H34N2O. The zero-order chi connectivity index (χ0) is 36.3. The molecule has 0 fully saturated rings. The van der Waals surface area contributed by atoms with E-state index in [2.05, 4.69) is 216 Å². The summed E-state index contributed by atoms with van der Waals surface area (Å²) in [5, 5.41) is 7.10. The van der Waals surface area contributed by atoms with Crippen molar-refractivity contribution in [2.75, 3.05) is 4.90 Å². The van der Waals surface area contributed by atoms with E-state index in [-0.39, 0.29) is 0 Å². The highest BCUT2D eigenvalue weighted by Crippen LogP contribution is 2.45. The monoisotopic (exact) mass is 702 g/mol. The number of rotatable bonds is 6. The van der Waals surface area contributed by atoms with Crippen molar-refractivity contribution in [2.24, 2.45) is 0 Å². The van der Waals surface area contributed by atoms with Crippen molar-refractivity contribution in [1.29, 1.82) is 0 Å². The van der Waals surface area contributed by atoms with E-state index in [1.807, 2.05) is 0 Å². The fourth-order valence-electron chi connectivity index (χ4n) is 8.42. The van der Waals surface area contributed by atoms with Crippen LogP contribution in [0.25, 0.3) is 82.5 Å². The molecule has 2 aromatic heterocycles. The van der Waals surface area contributed by atoms with Crippen LogP contribution in [-0.4, -0.2) is 4.57 Å². The number of hydrogen-bond acceptors (Lipinski definition) is 2. The highest BCUT2D eigenvalue weighted by atomic mass is 16.3. The molecule has 0 atom stereocenters. The molecule has 0 radical (unpaired) electrons. The summed E-state index contributed by atoms with van der Waals surface area (Å²) in [7, 11) is 0. The second-order valence-corrected chi connectivity index (χ2v) is 14.1. The first-order valence-electron chi connectivity index (χ1n) is 18.8. The van der Waals surface area contributed by atoms with E-state index in [4.69, 9.17) is 4.42 Å². The number of fused-ring (bicyclic) bond motifs is 7. The van der Waals surface area contributed by atoms with Crippen molar-refractivity contribution in [3.8, 4) is 27.9 Å². The zero-order valence-electron chi connectivity index (χ0n) is 29.9. The van der Waals surface area contributed by atoms with Crippen LogP contribution in [-0.2, 0) is 0 Å². The number of nitrogens with zero attached hydrogens (tertiary/aromatic N) is 2. The first kappa shape index (κ1) is 31.2. The molecule has 11 aromatic rings. The maximum absolute atomic E-state index is 6.78. The number of anilines is 3. The van der Waals surface area contributed by atoms with Crippen LogP contribution in [0.4, 0.5) is 17.1 Å². The minimum Gasteiger partial charge on any atom is -0.455 e. The van der Waals surface area contributed by atoms with Crippen LogP contribution in [0.15, 0.2) is 211 Å². The topological polar surface area (TPSA) is 21.3 Å². The van der Waals surface area contributed by atoms with Gasteiger partial charge in [-0.05, 0) is 82.6 Å². The maximum atomic E-state index is 6.78. The lowest BCUT2D eigenvalue weighted by atomic mass is 9.98. The molecule has 0 bridgehead atoms. The first-order chi connectivity index (χ1) is 27.3. The Morgan fingerprint density at radius 1 is 0.382 bits per heavy atom. The molecule has 0 N–H and O–H groups in total. The summed E-state index contributed by atoms with van der Waals surface area (Å²) >= 11 is 0. The number of benzene rings is 9. The zero-order valence-corrected chi connectivity index (χ0v) is 29.9. The Morgan fingerprint density at radius 3 is 1.76 bits per heavy atom. The molecule has 0 aliphatic carbocycles. The average molecular weight is 703 g/mol. The van der Waals surface area contributed by atoms with Gasteiger partial charge in [-0.25, -0.2) is 0 Å². The molecule has 0 saturated heterocycles. The van der Waals surface area contributed by atoms with Gasteiger partial charge in [0.2, 0.25) is 0 Å². The van der Waals surface area contributed by atoms with Gasteiger partial charge < -0.3 is 13.9 Å². The third kappa shape index (κ3) is 5.13. The van der Waals surface area contributed by atoms with E-state index >= 15 is 0 Å². The molecule has 0 saturated carbocycles. The summed E-state index contributed by atoms with van der Waals surface area (Å²) in [5.74, 6) is 0. The first-order valence-corrected chi connectivity index (χ1v) is 18.8. The van der Waals surface area contributed by atoms with Gasteiger partial charge in [-0.1, -0.05) is 146 Å². The molecule has 0 amide bonds. The van der Waals surface area contributed by atoms with Crippen LogP contribution >= 0.6 is 0 Å². The third-order valence-electron chi connectivity index (χ3n) is 11.0. The van der Waals surface area contributed by atoms with E-state index in [0.29, 0.717) is 0 Å². The van der Waals surface area contributed by atoms with Crippen LogP contribution in [0, 0.1) is 0 Å². The summed E-state index contributed by atoms with van der Waals surface area (Å²) in [4.78, 5) is 2.39. The average Bonchev–Trinajstić information content (AvgIpc) is 3.79. The van der Waals surface area contributed by atoms with Gasteiger partial charge >= 0.3 is 0 Å². The molecule has 11 rings (SSSR count). The Labute approximate surface area is 318 Å². The maximum Gasteiger partial charge on any atom is 0.143 e. The van der Waals surface area contributed by atoms with Crippen molar-refractivity contribution in [3.63, 3.8) is 0 Å². The van der Waals surface area contributed by atoms with Gasteiger partial charge in [0.15, 0.2) is 0 Å². The second-order valence-electron chi connectivity index (χ2n) is 14.1. The van der Waals surface area contributed by atoms with Crippen molar-refractivity contribution in [1.82, 2.24) is 4.57 Å². The van der Waals surface area contributed by atoms with E-state index in [1.165, 1.54) is 43.7 Å². The van der Waals surface area contributed by atoms with Crippen LogP contribution < -0.4 is 4.90 Å². The molecule has 9 aromatic carbocycles. The lowest BCUT2D eigenvalue weighted by Crippen LogP contribution is -2.12. The summed E-state index contributed by atoms with van der Waals surface area (Å²) in [5.41, 5.74) is 12.9. The lowest BCUT2D eigenvalue weighted by Gasteiger charge is -2.28. The minimum atomic E-state index is 0.888. The van der Waals surface area contributed by atoms with Gasteiger partial charge in [0.05, 0.1) is 16.7 Å². The normalized spacial score (nSPS) is 11.6. The smallest absolute Gasteiger partial charge is 0.143 e. The quantitative estimate of drug-likeness (QED) is 0.172. The SMILES string of the molecule is c1ccc(-c2ccc(N(c3cccc(-n4c5ccccc5c5ccccc54)c3)c3ccccc3-c3cccc4c3oc3cc5ccccc5cc34)cc2)cc1. The molecule has 0 aliphatic heterocycles. The fourth-order valence-corrected chi connectivity index (χ4v) is 8.42. The highest BCUT2D eigenvalue weighted by molar-refractivity contribution is 6.14. The molecular weight excluding hydrogens is 669 g/mol. The van der Waals surface area contributed by atoms with E-state index in [1.54, 1.807) is 0 Å². The Morgan fingerprint density at radius 2 is 0.982 bits per heavy atom. The standard InChI is InChI=1S/C52H34N2O/c1-2-14-35(15-3-1)36-28-30-39(31-29-36)53(40-18-12-19-41(34-40)54-49-26-10-6-20-42(49)43-21-7-11-27-50(43)54)48-25-9-8-22-44(48)45-23-13-24-46-47-32-37-16-4-5-17-38(37)33-51(47)55-52(45)46/h1-34H. The molecule has 2 heterocycles. The van der Waals surface area contributed by atoms with Gasteiger partial charge in [-0.3, -0.25) is 0 Å². The third-order valence-corrected chi connectivity index (χ3v) is 11.0. The summed E-state index contributed by atoms with van der Waals surface area (Å²) in [6.07, 6.45) is 0. The van der Waals surface area contributed by atoms with Crippen LogP contribution in [0.3, 0.4) is 0 Å². The van der Waals surface area contributed by atoms with Crippen LogP contribution in [0.2, 0.25) is 0 Å². The van der Waals surface area contributed by atoms with E-state index < -0.39 is 0 Å². The van der Waals surface area contributed by atoms with Gasteiger partial charge in [0.1, 0.15) is 11.2 Å². The predicted octanol–water partition coefficient (Wildman–Crippen LogP) is 14.6. The van der Waals surface area contributed by atoms with Crippen molar-refractivity contribution >= 4 is 71.6 Å². The summed E-state index contributed by atoms with van der Waals surface area (Å²) in [6, 6.07) is 73.9. The largest absolute Gasteiger partial charge is 0.455 e. The summed E-state index contributed by atoms with van der Waals surface area (Å²) in [6.45, 7) is 0. The summed E-state index contributed by atoms with van der Waals surface area (Å²) < 4.78 is 9.17. The molecule has 0 spiro atoms. The predicted molar refractivity (Wildman–Crippen MR) is 231 cm³/mol. The number of aromatic nitrogens is 1. The molecule has 3 nitrogen and oxygen atoms in total. The van der Waals surface area contributed by atoms with Gasteiger partial charge in [-0.2, -0.15) is 0 Å². The molecule has 0 aliphatic rings. The molecule has 258 valence electrons. The van der Waals surface area contributed by atoms with Gasteiger partial charge in [-0.15, -0.1) is 0 Å². The Balaban J connectivity index is 1.13. The van der Waals surface area contributed by atoms with Crippen LogP contribution in [0.1, 0.15) is 0 Å². The van der Waals surface area contributed by atoms with Crippen LogP contribution in [0.5, 0.6) is 0 Å². The minimum absolute atomic E-state index is 0.888. The number of furan rings is 1. The molecule has 55 heavy (non-hydrogen) atoms. The Kier molecular flexibility index (Phi) is 7.17. The molecule has 0 unspecified atom stereocenters. The number of hydrogen-bond donors (Lipinski definition) is 0. The van der Waals surface area contributed by atoms with Gasteiger partial charge in [0.25, 0.3) is 0 Å². The van der Waals surface area contributed by atoms with Crippen molar-refractivity contribution < 1.29 is 4.42 Å². The Bertz CT molecular complexity index is 3150. The number of para-hydroxylation sites is 4. The van der Waals surface area contributed by atoms with E-state index in [0.717, 1.165) is 55.8 Å².